The lowest BCUT2D eigenvalue weighted by atomic mass is 9.89. The van der Waals surface area contributed by atoms with Crippen molar-refractivity contribution in [1.29, 1.82) is 10.5 Å². The molecule has 5 nitrogen and oxygen atoms in total. The molecule has 0 aliphatic heterocycles. The molecule has 32 heavy (non-hydrogen) atoms. The van der Waals surface area contributed by atoms with Gasteiger partial charge in [-0.1, -0.05) is 37.3 Å². The zero-order valence-electron chi connectivity index (χ0n) is 17.7. The molecule has 1 atom stereocenters. The van der Waals surface area contributed by atoms with Gasteiger partial charge in [0.05, 0.1) is 16.8 Å². The number of anilines is 1. The number of thiophene rings is 1. The van der Waals surface area contributed by atoms with Gasteiger partial charge in [0, 0.05) is 22.6 Å². The average molecular weight is 459 g/mol. The molecular weight excluding hydrogens is 436 g/mol. The van der Waals surface area contributed by atoms with Gasteiger partial charge in [-0.3, -0.25) is 4.79 Å². The molecule has 1 amide bonds. The summed E-state index contributed by atoms with van der Waals surface area (Å²) in [4.78, 5) is 18.4. The van der Waals surface area contributed by atoms with Crippen LogP contribution in [0.25, 0.3) is 11.3 Å². The maximum absolute atomic E-state index is 12.6. The summed E-state index contributed by atoms with van der Waals surface area (Å²) >= 11 is 2.94. The SMILES string of the molecule is CC1CCc2c(sc(NC(=O)CCSc3nc(-c4ccccc4)ccc3C#N)c2C#N)C1. The van der Waals surface area contributed by atoms with Gasteiger partial charge in [-0.25, -0.2) is 4.98 Å². The molecule has 1 N–H and O–H groups in total. The lowest BCUT2D eigenvalue weighted by Gasteiger charge is -2.17. The maximum atomic E-state index is 12.6. The number of thioether (sulfide) groups is 1. The first-order valence-electron chi connectivity index (χ1n) is 10.5. The largest absolute Gasteiger partial charge is 0.317 e. The molecule has 2 aromatic heterocycles. The van der Waals surface area contributed by atoms with Crippen LogP contribution in [-0.4, -0.2) is 16.6 Å². The maximum Gasteiger partial charge on any atom is 0.225 e. The van der Waals surface area contributed by atoms with E-state index in [1.54, 1.807) is 6.07 Å². The first kappa shape index (κ1) is 22.1. The molecule has 1 aromatic carbocycles. The number of fused-ring (bicyclic) bond motifs is 1. The summed E-state index contributed by atoms with van der Waals surface area (Å²) in [5, 5.41) is 23.3. The van der Waals surface area contributed by atoms with Crippen LogP contribution >= 0.6 is 23.1 Å². The third-order valence-corrected chi connectivity index (χ3v) is 7.66. The van der Waals surface area contributed by atoms with Crippen molar-refractivity contribution < 1.29 is 4.79 Å². The number of nitrogens with zero attached hydrogens (tertiary/aromatic N) is 3. The normalized spacial score (nSPS) is 14.8. The fourth-order valence-corrected chi connectivity index (χ4v) is 6.08. The van der Waals surface area contributed by atoms with Crippen molar-refractivity contribution in [3.05, 3.63) is 64.0 Å². The molecule has 160 valence electrons. The minimum Gasteiger partial charge on any atom is -0.317 e. The second-order valence-electron chi connectivity index (χ2n) is 7.84. The lowest BCUT2D eigenvalue weighted by molar-refractivity contribution is -0.115. The third-order valence-electron chi connectivity index (χ3n) is 5.49. The summed E-state index contributed by atoms with van der Waals surface area (Å²) in [5.74, 6) is 0.981. The minimum absolute atomic E-state index is 0.127. The van der Waals surface area contributed by atoms with Crippen LogP contribution < -0.4 is 5.32 Å². The highest BCUT2D eigenvalue weighted by Gasteiger charge is 2.24. The van der Waals surface area contributed by atoms with Crippen molar-refractivity contribution in [2.75, 3.05) is 11.1 Å². The number of nitriles is 2. The van der Waals surface area contributed by atoms with E-state index in [9.17, 15) is 15.3 Å². The molecule has 0 fully saturated rings. The van der Waals surface area contributed by atoms with Crippen LogP contribution in [-0.2, 0) is 17.6 Å². The molecule has 1 unspecified atom stereocenters. The quantitative estimate of drug-likeness (QED) is 0.472. The Morgan fingerprint density at radius 1 is 1.22 bits per heavy atom. The number of rotatable bonds is 6. The molecule has 4 rings (SSSR count). The van der Waals surface area contributed by atoms with E-state index in [4.69, 9.17) is 0 Å². The zero-order chi connectivity index (χ0) is 22.5. The standard InChI is InChI=1S/C25H22N4OS2/c1-16-7-9-19-20(15-27)25(32-22(19)13-16)29-23(30)11-12-31-24-18(14-26)8-10-21(28-24)17-5-3-2-4-6-17/h2-6,8,10,16H,7,9,11-13H2,1H3,(H,29,30). The molecule has 1 aliphatic carbocycles. The monoisotopic (exact) mass is 458 g/mol. The Labute approximate surface area is 196 Å². The number of nitrogens with one attached hydrogen (secondary N) is 1. The van der Waals surface area contributed by atoms with Crippen molar-refractivity contribution in [2.45, 2.75) is 37.6 Å². The van der Waals surface area contributed by atoms with Crippen LogP contribution in [0.3, 0.4) is 0 Å². The minimum atomic E-state index is -0.127. The summed E-state index contributed by atoms with van der Waals surface area (Å²) in [6.07, 6.45) is 3.23. The van der Waals surface area contributed by atoms with Crippen molar-refractivity contribution in [2.24, 2.45) is 5.92 Å². The molecule has 7 heteroatoms. The molecule has 0 radical (unpaired) electrons. The highest BCUT2D eigenvalue weighted by Crippen LogP contribution is 2.39. The van der Waals surface area contributed by atoms with Crippen molar-refractivity contribution in [1.82, 2.24) is 4.98 Å². The second kappa shape index (κ2) is 9.99. The number of benzene rings is 1. The Morgan fingerprint density at radius 2 is 2.03 bits per heavy atom. The molecular formula is C25H22N4OS2. The number of hydrogen-bond acceptors (Lipinski definition) is 6. The van der Waals surface area contributed by atoms with Gasteiger partial charge in [-0.05, 0) is 42.9 Å². The fourth-order valence-electron chi connectivity index (χ4n) is 3.79. The van der Waals surface area contributed by atoms with E-state index < -0.39 is 0 Å². The van der Waals surface area contributed by atoms with Gasteiger partial charge in [0.2, 0.25) is 5.91 Å². The fraction of sp³-hybridized carbons (Fsp3) is 0.280. The van der Waals surface area contributed by atoms with Crippen LogP contribution in [0, 0.1) is 28.6 Å². The van der Waals surface area contributed by atoms with Crippen LogP contribution in [0.2, 0.25) is 0 Å². The van der Waals surface area contributed by atoms with Gasteiger partial charge in [0.15, 0.2) is 0 Å². The Bertz CT molecular complexity index is 1220. The number of pyridine rings is 1. The van der Waals surface area contributed by atoms with Gasteiger partial charge in [-0.15, -0.1) is 23.1 Å². The molecule has 0 saturated heterocycles. The van der Waals surface area contributed by atoms with Gasteiger partial charge >= 0.3 is 0 Å². The van der Waals surface area contributed by atoms with E-state index in [0.29, 0.717) is 32.8 Å². The van der Waals surface area contributed by atoms with Gasteiger partial charge in [0.25, 0.3) is 0 Å². The van der Waals surface area contributed by atoms with E-state index >= 15 is 0 Å². The Kier molecular flexibility index (Phi) is 6.90. The Hall–Kier alpha value is -3.13. The zero-order valence-corrected chi connectivity index (χ0v) is 19.4. The predicted octanol–water partition coefficient (Wildman–Crippen LogP) is 5.80. The topological polar surface area (TPSA) is 89.6 Å². The molecule has 0 saturated carbocycles. The van der Waals surface area contributed by atoms with E-state index in [-0.39, 0.29) is 12.3 Å². The average Bonchev–Trinajstić information content (AvgIpc) is 3.15. The smallest absolute Gasteiger partial charge is 0.225 e. The molecule has 0 spiro atoms. The van der Waals surface area contributed by atoms with Gasteiger partial charge in [0.1, 0.15) is 22.2 Å². The van der Waals surface area contributed by atoms with Gasteiger partial charge in [-0.2, -0.15) is 10.5 Å². The number of carbonyl (C=O) groups excluding carboxylic acids is 1. The Balaban J connectivity index is 1.41. The highest BCUT2D eigenvalue weighted by atomic mass is 32.2. The van der Waals surface area contributed by atoms with E-state index in [2.05, 4.69) is 29.4 Å². The molecule has 3 aromatic rings. The molecule has 1 aliphatic rings. The Morgan fingerprint density at radius 3 is 2.78 bits per heavy atom. The number of carbonyl (C=O) groups is 1. The first-order valence-corrected chi connectivity index (χ1v) is 12.3. The van der Waals surface area contributed by atoms with Crippen molar-refractivity contribution in [3.63, 3.8) is 0 Å². The third kappa shape index (κ3) is 4.85. The number of hydrogen-bond donors (Lipinski definition) is 1. The second-order valence-corrected chi connectivity index (χ2v) is 10.0. The summed E-state index contributed by atoms with van der Waals surface area (Å²) < 4.78 is 0. The summed E-state index contributed by atoms with van der Waals surface area (Å²) in [6.45, 7) is 2.22. The first-order chi connectivity index (χ1) is 15.6. The molecule has 0 bridgehead atoms. The van der Waals surface area contributed by atoms with Crippen molar-refractivity contribution >= 4 is 34.0 Å². The molecule has 2 heterocycles. The van der Waals surface area contributed by atoms with Crippen LogP contribution in [0.15, 0.2) is 47.5 Å². The van der Waals surface area contributed by atoms with Crippen LogP contribution in [0.4, 0.5) is 5.00 Å². The summed E-state index contributed by atoms with van der Waals surface area (Å²) in [6, 6.07) is 17.9. The van der Waals surface area contributed by atoms with Crippen LogP contribution in [0.1, 0.15) is 41.3 Å². The van der Waals surface area contributed by atoms with E-state index in [0.717, 1.165) is 36.1 Å². The van der Waals surface area contributed by atoms with Crippen LogP contribution in [0.5, 0.6) is 0 Å². The van der Waals surface area contributed by atoms with Gasteiger partial charge < -0.3 is 5.32 Å². The number of aromatic nitrogens is 1. The number of amides is 1. The van der Waals surface area contributed by atoms with E-state index in [1.807, 2.05) is 36.4 Å². The predicted molar refractivity (Wildman–Crippen MR) is 129 cm³/mol. The summed E-state index contributed by atoms with van der Waals surface area (Å²) in [7, 11) is 0. The van der Waals surface area contributed by atoms with E-state index in [1.165, 1.54) is 28.0 Å². The summed E-state index contributed by atoms with van der Waals surface area (Å²) in [5.41, 5.74) is 4.02. The lowest BCUT2D eigenvalue weighted by Crippen LogP contribution is -2.12. The van der Waals surface area contributed by atoms with Crippen molar-refractivity contribution in [3.8, 4) is 23.4 Å². The highest BCUT2D eigenvalue weighted by molar-refractivity contribution is 7.99.